The first-order valence-electron chi connectivity index (χ1n) is 9.67. The lowest BCUT2D eigenvalue weighted by Crippen LogP contribution is -2.35. The van der Waals surface area contributed by atoms with Crippen LogP contribution >= 0.6 is 0 Å². The van der Waals surface area contributed by atoms with E-state index < -0.39 is 5.41 Å². The molecule has 3 rings (SSSR count). The number of nitrogens with one attached hydrogen (secondary N) is 1. The van der Waals surface area contributed by atoms with Gasteiger partial charge < -0.3 is 15.2 Å². The lowest BCUT2D eigenvalue weighted by atomic mass is 9.69. The summed E-state index contributed by atoms with van der Waals surface area (Å²) < 4.78 is 5.84. The Hall–Kier alpha value is -2.85. The number of carbonyl (C=O) groups is 1. The largest absolute Gasteiger partial charge is 0.491 e. The number of hydrogen-bond acceptors (Lipinski definition) is 3. The third-order valence-corrected chi connectivity index (χ3v) is 5.40. The molecule has 146 valence electrons. The standard InChI is InChI=1S/C24H27NO3/c1-3-24(17-23(27)25-2,21-10-6-7-11-22(21)28-15-14-26)20-13-12-18-8-4-5-9-19(18)16-20/h4-13,16,26H,3,14-15,17H2,1-2H3,(H,25,27). The van der Waals surface area contributed by atoms with E-state index in [1.54, 1.807) is 7.05 Å². The molecule has 0 saturated heterocycles. The maximum atomic E-state index is 12.5. The highest BCUT2D eigenvalue weighted by Gasteiger charge is 2.37. The molecule has 0 bridgehead atoms. The Morgan fingerprint density at radius 3 is 2.46 bits per heavy atom. The summed E-state index contributed by atoms with van der Waals surface area (Å²) in [6.45, 7) is 2.26. The van der Waals surface area contributed by atoms with E-state index in [1.165, 1.54) is 5.39 Å². The number of hydrogen-bond donors (Lipinski definition) is 2. The predicted molar refractivity (Wildman–Crippen MR) is 113 cm³/mol. The van der Waals surface area contributed by atoms with Crippen LogP contribution < -0.4 is 10.1 Å². The molecule has 4 heteroatoms. The van der Waals surface area contributed by atoms with Crippen LogP contribution in [0.3, 0.4) is 0 Å². The quantitative estimate of drug-likeness (QED) is 0.623. The summed E-state index contributed by atoms with van der Waals surface area (Å²) in [6.07, 6.45) is 1.05. The Labute approximate surface area is 166 Å². The Balaban J connectivity index is 2.21. The zero-order valence-corrected chi connectivity index (χ0v) is 16.4. The molecule has 1 amide bonds. The first-order valence-corrected chi connectivity index (χ1v) is 9.67. The summed E-state index contributed by atoms with van der Waals surface area (Å²) >= 11 is 0. The number of carbonyl (C=O) groups excluding carboxylic acids is 1. The highest BCUT2D eigenvalue weighted by Crippen LogP contribution is 2.44. The number of amides is 1. The summed E-state index contributed by atoms with van der Waals surface area (Å²) in [4.78, 5) is 12.5. The number of benzene rings is 3. The van der Waals surface area contributed by atoms with Crippen LogP contribution in [0.2, 0.25) is 0 Å². The number of fused-ring (bicyclic) bond motifs is 1. The maximum Gasteiger partial charge on any atom is 0.220 e. The molecule has 2 N–H and O–H groups in total. The number of para-hydroxylation sites is 1. The second-order valence-electron chi connectivity index (χ2n) is 6.92. The smallest absolute Gasteiger partial charge is 0.220 e. The van der Waals surface area contributed by atoms with E-state index in [9.17, 15) is 9.90 Å². The van der Waals surface area contributed by atoms with Crippen molar-refractivity contribution in [3.8, 4) is 5.75 Å². The summed E-state index contributed by atoms with van der Waals surface area (Å²) in [5.41, 5.74) is 1.51. The summed E-state index contributed by atoms with van der Waals surface area (Å²) in [5.74, 6) is 0.683. The van der Waals surface area contributed by atoms with Gasteiger partial charge in [-0.05, 0) is 28.8 Å². The van der Waals surface area contributed by atoms with Crippen LogP contribution in [0.25, 0.3) is 10.8 Å². The Bertz CT molecular complexity index is 953. The fraction of sp³-hybridized carbons (Fsp3) is 0.292. The minimum absolute atomic E-state index is 0.0213. The molecule has 0 aliphatic heterocycles. The molecule has 28 heavy (non-hydrogen) atoms. The molecule has 1 unspecified atom stereocenters. The van der Waals surface area contributed by atoms with Gasteiger partial charge in [0.05, 0.1) is 6.61 Å². The first kappa shape index (κ1) is 19.9. The van der Waals surface area contributed by atoms with Crippen molar-refractivity contribution >= 4 is 16.7 Å². The third-order valence-electron chi connectivity index (χ3n) is 5.40. The minimum Gasteiger partial charge on any atom is -0.491 e. The van der Waals surface area contributed by atoms with Gasteiger partial charge in [0.25, 0.3) is 0 Å². The van der Waals surface area contributed by atoms with Crippen LogP contribution in [0, 0.1) is 0 Å². The van der Waals surface area contributed by atoms with E-state index in [-0.39, 0.29) is 19.1 Å². The van der Waals surface area contributed by atoms with Crippen LogP contribution in [0.5, 0.6) is 5.75 Å². The van der Waals surface area contributed by atoms with Crippen molar-refractivity contribution in [2.24, 2.45) is 0 Å². The topological polar surface area (TPSA) is 58.6 Å². The third kappa shape index (κ3) is 3.87. The monoisotopic (exact) mass is 377 g/mol. The van der Waals surface area contributed by atoms with Gasteiger partial charge in [-0.2, -0.15) is 0 Å². The van der Waals surface area contributed by atoms with E-state index in [0.29, 0.717) is 12.2 Å². The second kappa shape index (κ2) is 8.89. The molecule has 0 aliphatic carbocycles. The fourth-order valence-electron chi connectivity index (χ4n) is 3.87. The van der Waals surface area contributed by atoms with Crippen molar-refractivity contribution in [3.05, 3.63) is 77.9 Å². The van der Waals surface area contributed by atoms with E-state index in [4.69, 9.17) is 4.74 Å². The normalized spacial score (nSPS) is 13.1. The van der Waals surface area contributed by atoms with Gasteiger partial charge in [-0.25, -0.2) is 0 Å². The molecular weight excluding hydrogens is 350 g/mol. The number of ether oxygens (including phenoxy) is 1. The van der Waals surface area contributed by atoms with Gasteiger partial charge in [-0.1, -0.05) is 67.6 Å². The second-order valence-corrected chi connectivity index (χ2v) is 6.92. The molecule has 0 saturated carbocycles. The summed E-state index contributed by atoms with van der Waals surface area (Å²) in [6, 6.07) is 22.4. The zero-order valence-electron chi connectivity index (χ0n) is 16.4. The predicted octanol–water partition coefficient (Wildman–Crippen LogP) is 4.04. The van der Waals surface area contributed by atoms with Gasteiger partial charge in [0.1, 0.15) is 12.4 Å². The average molecular weight is 377 g/mol. The molecule has 3 aromatic rings. The lowest BCUT2D eigenvalue weighted by molar-refractivity contribution is -0.121. The fourth-order valence-corrected chi connectivity index (χ4v) is 3.87. The average Bonchev–Trinajstić information content (AvgIpc) is 2.76. The molecule has 0 fully saturated rings. The van der Waals surface area contributed by atoms with E-state index >= 15 is 0 Å². The maximum absolute atomic E-state index is 12.5. The van der Waals surface area contributed by atoms with Crippen molar-refractivity contribution in [3.63, 3.8) is 0 Å². The Kier molecular flexibility index (Phi) is 6.32. The zero-order chi connectivity index (χ0) is 20.0. The molecule has 0 spiro atoms. The Morgan fingerprint density at radius 2 is 1.75 bits per heavy atom. The van der Waals surface area contributed by atoms with Crippen molar-refractivity contribution in [2.75, 3.05) is 20.3 Å². The molecule has 4 nitrogen and oxygen atoms in total. The van der Waals surface area contributed by atoms with Crippen LogP contribution in [-0.4, -0.2) is 31.3 Å². The van der Waals surface area contributed by atoms with Gasteiger partial charge in [-0.3, -0.25) is 4.79 Å². The summed E-state index contributed by atoms with van der Waals surface area (Å²) in [5, 5.41) is 14.3. The van der Waals surface area contributed by atoms with Crippen LogP contribution in [-0.2, 0) is 10.2 Å². The van der Waals surface area contributed by atoms with Crippen molar-refractivity contribution < 1.29 is 14.6 Å². The SMILES string of the molecule is CCC(CC(=O)NC)(c1ccc2ccccc2c1)c1ccccc1OCCO. The minimum atomic E-state index is -0.532. The molecule has 3 aromatic carbocycles. The van der Waals surface area contributed by atoms with Crippen LogP contribution in [0.15, 0.2) is 66.7 Å². The molecule has 0 heterocycles. The molecular formula is C24H27NO3. The van der Waals surface area contributed by atoms with Crippen LogP contribution in [0.4, 0.5) is 0 Å². The molecule has 0 aromatic heterocycles. The van der Waals surface area contributed by atoms with Gasteiger partial charge in [-0.15, -0.1) is 0 Å². The van der Waals surface area contributed by atoms with E-state index in [1.807, 2.05) is 36.4 Å². The summed E-state index contributed by atoms with van der Waals surface area (Å²) in [7, 11) is 1.66. The number of aliphatic hydroxyl groups is 1. The van der Waals surface area contributed by atoms with Crippen molar-refractivity contribution in [1.82, 2.24) is 5.32 Å². The molecule has 0 aliphatic rings. The van der Waals surface area contributed by atoms with Crippen molar-refractivity contribution in [1.29, 1.82) is 0 Å². The highest BCUT2D eigenvalue weighted by molar-refractivity contribution is 5.84. The van der Waals surface area contributed by atoms with Gasteiger partial charge in [0, 0.05) is 24.4 Å². The molecule has 0 radical (unpaired) electrons. The van der Waals surface area contributed by atoms with E-state index in [2.05, 4.69) is 42.6 Å². The lowest BCUT2D eigenvalue weighted by Gasteiger charge is -2.35. The van der Waals surface area contributed by atoms with Gasteiger partial charge in [0.15, 0.2) is 0 Å². The van der Waals surface area contributed by atoms with Crippen LogP contribution in [0.1, 0.15) is 30.9 Å². The number of aliphatic hydroxyl groups excluding tert-OH is 1. The first-order chi connectivity index (χ1) is 13.6. The molecule has 1 atom stereocenters. The Morgan fingerprint density at radius 1 is 1.04 bits per heavy atom. The van der Waals surface area contributed by atoms with Gasteiger partial charge in [0.2, 0.25) is 5.91 Å². The van der Waals surface area contributed by atoms with E-state index in [0.717, 1.165) is 22.9 Å². The van der Waals surface area contributed by atoms with Crippen molar-refractivity contribution in [2.45, 2.75) is 25.2 Å². The highest BCUT2D eigenvalue weighted by atomic mass is 16.5. The van der Waals surface area contributed by atoms with Gasteiger partial charge >= 0.3 is 0 Å². The number of rotatable bonds is 8.